The number of aromatic nitrogens is 3. The highest BCUT2D eigenvalue weighted by Gasteiger charge is 2.28. The lowest BCUT2D eigenvalue weighted by Gasteiger charge is -2.31. The zero-order valence-corrected chi connectivity index (χ0v) is 15.9. The van der Waals surface area contributed by atoms with Gasteiger partial charge in [0.15, 0.2) is 0 Å². The van der Waals surface area contributed by atoms with Crippen LogP contribution in [0.3, 0.4) is 0 Å². The molecule has 0 saturated carbocycles. The lowest BCUT2D eigenvalue weighted by atomic mass is 9.87. The fourth-order valence-electron chi connectivity index (χ4n) is 3.61. The van der Waals surface area contributed by atoms with Crippen molar-refractivity contribution in [3.63, 3.8) is 0 Å². The second kappa shape index (κ2) is 12.5. The zero-order valence-electron chi connectivity index (χ0n) is 15.9. The van der Waals surface area contributed by atoms with Gasteiger partial charge in [0, 0.05) is 0 Å². The topological polar surface area (TPSA) is 30.7 Å². The van der Waals surface area contributed by atoms with Gasteiger partial charge in [-0.05, 0) is 19.3 Å². The van der Waals surface area contributed by atoms with Crippen molar-refractivity contribution in [2.45, 2.75) is 116 Å². The van der Waals surface area contributed by atoms with Crippen molar-refractivity contribution < 1.29 is 0 Å². The maximum Gasteiger partial charge on any atom is 0.137 e. The van der Waals surface area contributed by atoms with Gasteiger partial charge in [0.1, 0.15) is 12.7 Å². The van der Waals surface area contributed by atoms with Gasteiger partial charge in [0.2, 0.25) is 0 Å². The van der Waals surface area contributed by atoms with Crippen LogP contribution >= 0.6 is 0 Å². The molecule has 0 radical (unpaired) electrons. The van der Waals surface area contributed by atoms with Crippen LogP contribution in [0.1, 0.15) is 111 Å². The van der Waals surface area contributed by atoms with Gasteiger partial charge in [-0.2, -0.15) is 5.10 Å². The Morgan fingerprint density at radius 3 is 1.70 bits per heavy atom. The second-order valence-corrected chi connectivity index (χ2v) is 7.06. The number of hydrogen-bond acceptors (Lipinski definition) is 2. The molecular weight excluding hydrogens is 282 g/mol. The smallest absolute Gasteiger partial charge is 0.137 e. The highest BCUT2D eigenvalue weighted by atomic mass is 15.4. The summed E-state index contributed by atoms with van der Waals surface area (Å²) in [5.41, 5.74) is 0.190. The Balaban J connectivity index is 2.07. The quantitative estimate of drug-likeness (QED) is 0.345. The molecule has 0 spiro atoms. The van der Waals surface area contributed by atoms with E-state index < -0.39 is 0 Å². The van der Waals surface area contributed by atoms with Crippen LogP contribution in [0.25, 0.3) is 0 Å². The summed E-state index contributed by atoms with van der Waals surface area (Å²) in [5.74, 6) is 0. The molecule has 0 atom stereocenters. The molecule has 1 heterocycles. The summed E-state index contributed by atoms with van der Waals surface area (Å²) in [6.07, 6.45) is 22.6. The lowest BCUT2D eigenvalue weighted by Crippen LogP contribution is -2.32. The Hall–Kier alpha value is -0.860. The minimum atomic E-state index is 0.190. The molecule has 0 amide bonds. The van der Waals surface area contributed by atoms with Crippen LogP contribution in [0.5, 0.6) is 0 Å². The Morgan fingerprint density at radius 1 is 0.739 bits per heavy atom. The first-order chi connectivity index (χ1) is 11.3. The van der Waals surface area contributed by atoms with Crippen molar-refractivity contribution in [1.82, 2.24) is 14.8 Å². The van der Waals surface area contributed by atoms with E-state index in [2.05, 4.69) is 35.5 Å². The molecule has 1 rings (SSSR count). The Kier molecular flexibility index (Phi) is 11.0. The Labute approximate surface area is 144 Å². The van der Waals surface area contributed by atoms with E-state index >= 15 is 0 Å². The van der Waals surface area contributed by atoms with Crippen molar-refractivity contribution in [3.8, 4) is 0 Å². The van der Waals surface area contributed by atoms with Crippen molar-refractivity contribution in [1.29, 1.82) is 0 Å². The lowest BCUT2D eigenvalue weighted by molar-refractivity contribution is 0.207. The minimum absolute atomic E-state index is 0.190. The van der Waals surface area contributed by atoms with Crippen LogP contribution in [0.2, 0.25) is 0 Å². The molecule has 0 saturated heterocycles. The highest BCUT2D eigenvalue weighted by Crippen LogP contribution is 2.30. The van der Waals surface area contributed by atoms with Gasteiger partial charge >= 0.3 is 0 Å². The van der Waals surface area contributed by atoms with Crippen LogP contribution < -0.4 is 0 Å². The summed E-state index contributed by atoms with van der Waals surface area (Å²) < 4.78 is 2.10. The number of hydrogen-bond donors (Lipinski definition) is 0. The zero-order chi connectivity index (χ0) is 16.8. The molecule has 0 N–H and O–H groups in total. The van der Waals surface area contributed by atoms with E-state index in [0.29, 0.717) is 0 Å². The largest absolute Gasteiger partial charge is 0.247 e. The van der Waals surface area contributed by atoms with Crippen molar-refractivity contribution in [2.75, 3.05) is 0 Å². The van der Waals surface area contributed by atoms with E-state index in [0.717, 1.165) is 12.8 Å². The third-order valence-corrected chi connectivity index (χ3v) is 5.47. The molecular formula is C20H39N3. The van der Waals surface area contributed by atoms with Crippen LogP contribution in [0.15, 0.2) is 12.7 Å². The van der Waals surface area contributed by atoms with E-state index in [1.54, 1.807) is 6.33 Å². The first kappa shape index (κ1) is 20.2. The molecule has 3 nitrogen and oxygen atoms in total. The fraction of sp³-hybridized carbons (Fsp3) is 0.900. The van der Waals surface area contributed by atoms with E-state index in [9.17, 15) is 0 Å². The van der Waals surface area contributed by atoms with Crippen LogP contribution in [0.4, 0.5) is 0 Å². The minimum Gasteiger partial charge on any atom is -0.247 e. The standard InChI is InChI=1S/C20H39N3/c1-4-7-8-9-10-11-12-13-14-15-16-17-20(5-2,6-3)23-19-21-18-22-23/h18-19H,4-17H2,1-3H3. The summed E-state index contributed by atoms with van der Waals surface area (Å²) in [7, 11) is 0. The predicted molar refractivity (Wildman–Crippen MR) is 99.7 cm³/mol. The van der Waals surface area contributed by atoms with Gasteiger partial charge < -0.3 is 0 Å². The van der Waals surface area contributed by atoms with Gasteiger partial charge in [-0.25, -0.2) is 9.67 Å². The van der Waals surface area contributed by atoms with Crippen LogP contribution in [-0.4, -0.2) is 14.8 Å². The summed E-state index contributed by atoms with van der Waals surface area (Å²) >= 11 is 0. The molecule has 0 bridgehead atoms. The van der Waals surface area contributed by atoms with E-state index in [1.165, 1.54) is 77.0 Å². The summed E-state index contributed by atoms with van der Waals surface area (Å²) in [6.45, 7) is 6.85. The molecule has 3 heteroatoms. The normalized spacial score (nSPS) is 12.0. The molecule has 1 aromatic rings. The van der Waals surface area contributed by atoms with Gasteiger partial charge in [0.05, 0.1) is 5.54 Å². The van der Waals surface area contributed by atoms with Crippen LogP contribution in [-0.2, 0) is 5.54 Å². The van der Waals surface area contributed by atoms with Gasteiger partial charge in [-0.3, -0.25) is 0 Å². The molecule has 0 fully saturated rings. The van der Waals surface area contributed by atoms with Crippen molar-refractivity contribution in [2.24, 2.45) is 0 Å². The van der Waals surface area contributed by atoms with Gasteiger partial charge in [0.25, 0.3) is 0 Å². The number of unbranched alkanes of at least 4 members (excludes halogenated alkanes) is 10. The molecule has 134 valence electrons. The molecule has 0 aliphatic carbocycles. The van der Waals surface area contributed by atoms with Crippen molar-refractivity contribution >= 4 is 0 Å². The van der Waals surface area contributed by atoms with E-state index in [-0.39, 0.29) is 5.54 Å². The summed E-state index contributed by atoms with van der Waals surface area (Å²) in [4.78, 5) is 4.14. The second-order valence-electron chi connectivity index (χ2n) is 7.06. The predicted octanol–water partition coefficient (Wildman–Crippen LogP) is 6.49. The SMILES string of the molecule is CCCCCCCCCCCCCC(CC)(CC)n1cncn1. The average molecular weight is 322 g/mol. The number of rotatable bonds is 15. The molecule has 0 aliphatic heterocycles. The molecule has 0 unspecified atom stereocenters. The van der Waals surface area contributed by atoms with Crippen LogP contribution in [0, 0.1) is 0 Å². The van der Waals surface area contributed by atoms with E-state index in [1.807, 2.05) is 6.33 Å². The summed E-state index contributed by atoms with van der Waals surface area (Å²) in [5, 5.41) is 4.41. The van der Waals surface area contributed by atoms with Crippen molar-refractivity contribution in [3.05, 3.63) is 12.7 Å². The van der Waals surface area contributed by atoms with Gasteiger partial charge in [-0.1, -0.05) is 91.4 Å². The Morgan fingerprint density at radius 2 is 1.26 bits per heavy atom. The first-order valence-electron chi connectivity index (χ1n) is 10.1. The molecule has 23 heavy (non-hydrogen) atoms. The monoisotopic (exact) mass is 321 g/mol. The maximum atomic E-state index is 4.41. The average Bonchev–Trinajstić information content (AvgIpc) is 3.12. The maximum absolute atomic E-state index is 4.41. The summed E-state index contributed by atoms with van der Waals surface area (Å²) in [6, 6.07) is 0. The molecule has 1 aromatic heterocycles. The number of nitrogens with zero attached hydrogens (tertiary/aromatic N) is 3. The first-order valence-corrected chi connectivity index (χ1v) is 10.1. The van der Waals surface area contributed by atoms with E-state index in [4.69, 9.17) is 0 Å². The third-order valence-electron chi connectivity index (χ3n) is 5.47. The molecule has 0 aliphatic rings. The molecule has 0 aromatic carbocycles. The highest BCUT2D eigenvalue weighted by molar-refractivity contribution is 4.83. The Bertz CT molecular complexity index is 355. The van der Waals surface area contributed by atoms with Gasteiger partial charge in [-0.15, -0.1) is 0 Å². The third kappa shape index (κ3) is 7.50. The fourth-order valence-corrected chi connectivity index (χ4v) is 3.61.